The number of amides is 1. The van der Waals surface area contributed by atoms with E-state index in [1.54, 1.807) is 0 Å². The molecule has 0 bridgehead atoms. The SMILES string of the molecule is CCC(=O)NC1CC(OC2CCN(CCOCCC(C)(C)CCOCCN3CCN(CC(C)(C)C)CC3)CC2)C1. The molecular weight excluding hydrogens is 504 g/mol. The highest BCUT2D eigenvalue weighted by Crippen LogP contribution is 2.28. The van der Waals surface area contributed by atoms with Gasteiger partial charge in [0.2, 0.25) is 5.91 Å². The second kappa shape index (κ2) is 16.8. The van der Waals surface area contributed by atoms with Crippen molar-refractivity contribution in [2.45, 2.75) is 105 Å². The molecule has 1 N–H and O–H groups in total. The van der Waals surface area contributed by atoms with Gasteiger partial charge in [-0.25, -0.2) is 0 Å². The Morgan fingerprint density at radius 1 is 0.750 bits per heavy atom. The Balaban J connectivity index is 1.12. The van der Waals surface area contributed by atoms with Crippen molar-refractivity contribution in [1.29, 1.82) is 0 Å². The highest BCUT2D eigenvalue weighted by Gasteiger charge is 2.33. The second-order valence-corrected chi connectivity index (χ2v) is 14.5. The number of likely N-dealkylation sites (tertiary alicyclic amines) is 1. The summed E-state index contributed by atoms with van der Waals surface area (Å²) in [6.07, 6.45) is 7.56. The zero-order valence-corrected chi connectivity index (χ0v) is 26.8. The first-order valence-electron chi connectivity index (χ1n) is 16.3. The molecule has 0 aromatic rings. The largest absolute Gasteiger partial charge is 0.380 e. The maximum Gasteiger partial charge on any atom is 0.219 e. The van der Waals surface area contributed by atoms with Crippen molar-refractivity contribution in [3.63, 3.8) is 0 Å². The Bertz CT molecular complexity index is 706. The number of nitrogens with one attached hydrogen (secondary N) is 1. The van der Waals surface area contributed by atoms with Gasteiger partial charge in [-0.3, -0.25) is 9.69 Å². The van der Waals surface area contributed by atoms with E-state index in [1.807, 2.05) is 6.92 Å². The third-order valence-corrected chi connectivity index (χ3v) is 8.81. The van der Waals surface area contributed by atoms with Crippen molar-refractivity contribution < 1.29 is 19.0 Å². The van der Waals surface area contributed by atoms with Gasteiger partial charge >= 0.3 is 0 Å². The van der Waals surface area contributed by atoms with E-state index in [0.29, 0.717) is 30.1 Å². The van der Waals surface area contributed by atoms with Crippen LogP contribution in [0.3, 0.4) is 0 Å². The molecule has 0 radical (unpaired) electrons. The van der Waals surface area contributed by atoms with Gasteiger partial charge in [-0.2, -0.15) is 0 Å². The molecule has 2 heterocycles. The monoisotopic (exact) mass is 566 g/mol. The standard InChI is InChI=1S/C32H62N4O4/c1-7-30(37)33-27-24-29(25-27)40-28-8-12-34(13-9-28)18-22-38-20-10-32(5,6)11-21-39-23-19-35-14-16-36(17-15-35)26-31(2,3)4/h27-29H,7-26H2,1-6H3,(H,33,37). The van der Waals surface area contributed by atoms with Gasteiger partial charge in [0.25, 0.3) is 0 Å². The molecule has 1 amide bonds. The van der Waals surface area contributed by atoms with E-state index in [-0.39, 0.29) is 11.3 Å². The van der Waals surface area contributed by atoms with Crippen molar-refractivity contribution in [1.82, 2.24) is 20.0 Å². The zero-order chi connectivity index (χ0) is 29.0. The van der Waals surface area contributed by atoms with Gasteiger partial charge in [-0.05, 0) is 49.4 Å². The average Bonchev–Trinajstić information content (AvgIpc) is 2.87. The highest BCUT2D eigenvalue weighted by molar-refractivity contribution is 5.75. The number of piperidine rings is 1. The Morgan fingerprint density at radius 3 is 1.80 bits per heavy atom. The molecule has 0 atom stereocenters. The van der Waals surface area contributed by atoms with Gasteiger partial charge in [0, 0.05) is 84.6 Å². The smallest absolute Gasteiger partial charge is 0.219 e. The van der Waals surface area contributed by atoms with Crippen LogP contribution >= 0.6 is 0 Å². The molecule has 2 aliphatic heterocycles. The molecule has 3 rings (SSSR count). The third-order valence-electron chi connectivity index (χ3n) is 8.81. The molecule has 40 heavy (non-hydrogen) atoms. The summed E-state index contributed by atoms with van der Waals surface area (Å²) < 4.78 is 18.3. The van der Waals surface area contributed by atoms with Crippen LogP contribution in [0.2, 0.25) is 0 Å². The molecule has 1 aliphatic carbocycles. The molecular formula is C32H62N4O4. The molecule has 234 valence electrons. The number of piperazine rings is 1. The van der Waals surface area contributed by atoms with E-state index in [1.165, 1.54) is 19.6 Å². The van der Waals surface area contributed by atoms with E-state index in [4.69, 9.17) is 14.2 Å². The number of rotatable bonds is 17. The van der Waals surface area contributed by atoms with E-state index < -0.39 is 0 Å². The van der Waals surface area contributed by atoms with Crippen LogP contribution in [0.25, 0.3) is 0 Å². The topological polar surface area (TPSA) is 66.5 Å². The predicted octanol–water partition coefficient (Wildman–Crippen LogP) is 4.03. The van der Waals surface area contributed by atoms with Crippen LogP contribution in [0, 0.1) is 10.8 Å². The fraction of sp³-hybridized carbons (Fsp3) is 0.969. The van der Waals surface area contributed by atoms with Crippen molar-refractivity contribution in [3.05, 3.63) is 0 Å². The van der Waals surface area contributed by atoms with Crippen molar-refractivity contribution in [3.8, 4) is 0 Å². The summed E-state index contributed by atoms with van der Waals surface area (Å²) in [5.41, 5.74) is 0.627. The van der Waals surface area contributed by atoms with Gasteiger partial charge < -0.3 is 29.3 Å². The Morgan fingerprint density at radius 2 is 1.27 bits per heavy atom. The Kier molecular flexibility index (Phi) is 14.1. The van der Waals surface area contributed by atoms with Crippen molar-refractivity contribution >= 4 is 5.91 Å². The molecule has 0 unspecified atom stereocenters. The van der Waals surface area contributed by atoms with E-state index >= 15 is 0 Å². The molecule has 0 aromatic heterocycles. The number of carbonyl (C=O) groups excluding carboxylic acids is 1. The average molecular weight is 567 g/mol. The molecule has 3 fully saturated rings. The molecule has 1 saturated carbocycles. The van der Waals surface area contributed by atoms with Crippen LogP contribution in [-0.4, -0.2) is 124 Å². The first-order chi connectivity index (χ1) is 19.0. The summed E-state index contributed by atoms with van der Waals surface area (Å²) in [4.78, 5) is 19.1. The highest BCUT2D eigenvalue weighted by atomic mass is 16.5. The minimum atomic E-state index is 0.152. The van der Waals surface area contributed by atoms with Gasteiger partial charge in [-0.1, -0.05) is 41.5 Å². The zero-order valence-electron chi connectivity index (χ0n) is 26.8. The lowest BCUT2D eigenvalue weighted by Gasteiger charge is -2.40. The maximum absolute atomic E-state index is 11.5. The molecule has 2 saturated heterocycles. The Hall–Kier alpha value is -0.770. The lowest BCUT2D eigenvalue weighted by atomic mass is 9.86. The number of hydrogen-bond acceptors (Lipinski definition) is 7. The predicted molar refractivity (Wildman–Crippen MR) is 163 cm³/mol. The quantitative estimate of drug-likeness (QED) is 0.267. The van der Waals surface area contributed by atoms with Crippen LogP contribution in [-0.2, 0) is 19.0 Å². The minimum absolute atomic E-state index is 0.152. The van der Waals surface area contributed by atoms with Gasteiger partial charge in [-0.15, -0.1) is 0 Å². The number of nitrogens with zero attached hydrogens (tertiary/aromatic N) is 3. The van der Waals surface area contributed by atoms with Crippen LogP contribution in [0.4, 0.5) is 0 Å². The van der Waals surface area contributed by atoms with Gasteiger partial charge in [0.15, 0.2) is 0 Å². The van der Waals surface area contributed by atoms with Crippen LogP contribution < -0.4 is 5.32 Å². The van der Waals surface area contributed by atoms with Crippen molar-refractivity contribution in [2.75, 3.05) is 85.3 Å². The summed E-state index contributed by atoms with van der Waals surface area (Å²) in [5, 5.41) is 3.06. The number of hydrogen-bond donors (Lipinski definition) is 1. The summed E-state index contributed by atoms with van der Waals surface area (Å²) in [6.45, 7) is 27.0. The third kappa shape index (κ3) is 13.5. The number of carbonyl (C=O) groups is 1. The molecule has 0 aromatic carbocycles. The first kappa shape index (κ1) is 33.7. The van der Waals surface area contributed by atoms with Crippen LogP contribution in [0.1, 0.15) is 86.5 Å². The van der Waals surface area contributed by atoms with Gasteiger partial charge in [0.05, 0.1) is 25.4 Å². The minimum Gasteiger partial charge on any atom is -0.380 e. The summed E-state index contributed by atoms with van der Waals surface area (Å²) >= 11 is 0. The fourth-order valence-electron chi connectivity index (χ4n) is 5.92. The fourth-order valence-corrected chi connectivity index (χ4v) is 5.92. The summed E-state index contributed by atoms with van der Waals surface area (Å²) in [7, 11) is 0. The summed E-state index contributed by atoms with van der Waals surface area (Å²) in [6, 6.07) is 0.322. The Labute approximate surface area is 245 Å². The maximum atomic E-state index is 11.5. The first-order valence-corrected chi connectivity index (χ1v) is 16.3. The van der Waals surface area contributed by atoms with E-state index in [9.17, 15) is 4.79 Å². The van der Waals surface area contributed by atoms with E-state index in [0.717, 1.165) is 104 Å². The van der Waals surface area contributed by atoms with E-state index in [2.05, 4.69) is 54.6 Å². The molecule has 8 nitrogen and oxygen atoms in total. The lowest BCUT2D eigenvalue weighted by molar-refractivity contribution is -0.125. The van der Waals surface area contributed by atoms with Crippen LogP contribution in [0.5, 0.6) is 0 Å². The second-order valence-electron chi connectivity index (χ2n) is 14.5. The lowest BCUT2D eigenvalue weighted by Crippen LogP contribution is -2.49. The summed E-state index contributed by atoms with van der Waals surface area (Å²) in [5.74, 6) is 0.152. The molecule has 0 spiro atoms. The number of ether oxygens (including phenoxy) is 3. The molecule has 3 aliphatic rings. The normalized spacial score (nSPS) is 24.2. The van der Waals surface area contributed by atoms with Gasteiger partial charge in [0.1, 0.15) is 0 Å². The van der Waals surface area contributed by atoms with Crippen molar-refractivity contribution in [2.24, 2.45) is 10.8 Å². The van der Waals surface area contributed by atoms with Crippen LogP contribution in [0.15, 0.2) is 0 Å². The molecule has 8 heteroatoms.